The van der Waals surface area contributed by atoms with Gasteiger partial charge in [0.1, 0.15) is 0 Å². The van der Waals surface area contributed by atoms with Crippen LogP contribution < -0.4 is 11.1 Å². The van der Waals surface area contributed by atoms with E-state index < -0.39 is 6.04 Å². The van der Waals surface area contributed by atoms with Gasteiger partial charge in [-0.3, -0.25) is 4.79 Å². The highest BCUT2D eigenvalue weighted by atomic mass is 16.3. The van der Waals surface area contributed by atoms with Crippen LogP contribution in [0.4, 0.5) is 5.69 Å². The molecule has 2 rings (SSSR count). The molecule has 1 heterocycles. The molecular formula is C15H19N3O2. The molecule has 0 aliphatic rings. The minimum Gasteiger partial charge on any atom is -0.444 e. The maximum atomic E-state index is 12.0. The fourth-order valence-electron chi connectivity index (χ4n) is 1.69. The molecule has 0 aliphatic heterocycles. The zero-order valence-corrected chi connectivity index (χ0v) is 11.9. The molecule has 1 amide bonds. The highest BCUT2D eigenvalue weighted by molar-refractivity contribution is 5.95. The molecule has 0 saturated heterocycles. The summed E-state index contributed by atoms with van der Waals surface area (Å²) in [5.74, 6) is 0.499. The molecule has 0 bridgehead atoms. The quantitative estimate of drug-likeness (QED) is 0.900. The number of carbonyl (C=O) groups excluding carboxylic acids is 1. The Morgan fingerprint density at radius 1 is 1.30 bits per heavy atom. The number of carbonyl (C=O) groups is 1. The molecule has 5 heteroatoms. The fourth-order valence-corrected chi connectivity index (χ4v) is 1.69. The SMILES string of the molecule is CC(C)(C)[C@@H](N)C(=O)Nc1ccc(-c2cnco2)cc1. The van der Waals surface area contributed by atoms with Crippen LogP contribution >= 0.6 is 0 Å². The topological polar surface area (TPSA) is 81.2 Å². The maximum absolute atomic E-state index is 12.0. The number of hydrogen-bond acceptors (Lipinski definition) is 4. The van der Waals surface area contributed by atoms with Crippen LogP contribution in [-0.2, 0) is 4.79 Å². The van der Waals surface area contributed by atoms with Gasteiger partial charge in [0.2, 0.25) is 5.91 Å². The van der Waals surface area contributed by atoms with E-state index in [2.05, 4.69) is 10.3 Å². The summed E-state index contributed by atoms with van der Waals surface area (Å²) >= 11 is 0. The standard InChI is InChI=1S/C15H19N3O2/c1-15(2,3)13(16)14(19)18-11-6-4-10(5-7-11)12-8-17-9-20-12/h4-9,13H,16H2,1-3H3,(H,18,19)/t13-/m0/s1. The van der Waals surface area contributed by atoms with Gasteiger partial charge in [0.05, 0.1) is 12.2 Å². The summed E-state index contributed by atoms with van der Waals surface area (Å²) in [7, 11) is 0. The Labute approximate surface area is 118 Å². The van der Waals surface area contributed by atoms with E-state index >= 15 is 0 Å². The number of oxazole rings is 1. The highest BCUT2D eigenvalue weighted by Gasteiger charge is 2.27. The average Bonchev–Trinajstić information content (AvgIpc) is 2.91. The monoisotopic (exact) mass is 273 g/mol. The van der Waals surface area contributed by atoms with Gasteiger partial charge in [-0.25, -0.2) is 4.98 Å². The number of aromatic nitrogens is 1. The third kappa shape index (κ3) is 3.24. The summed E-state index contributed by atoms with van der Waals surface area (Å²) in [4.78, 5) is 15.9. The molecule has 0 spiro atoms. The lowest BCUT2D eigenvalue weighted by molar-refractivity contribution is -0.119. The summed E-state index contributed by atoms with van der Waals surface area (Å²) in [5, 5.41) is 2.81. The zero-order chi connectivity index (χ0) is 14.8. The third-order valence-corrected chi connectivity index (χ3v) is 3.08. The van der Waals surface area contributed by atoms with Crippen molar-refractivity contribution >= 4 is 11.6 Å². The number of nitrogens with one attached hydrogen (secondary N) is 1. The van der Waals surface area contributed by atoms with Gasteiger partial charge in [-0.05, 0) is 29.7 Å². The van der Waals surface area contributed by atoms with Gasteiger partial charge in [0.25, 0.3) is 0 Å². The van der Waals surface area contributed by atoms with Gasteiger partial charge in [-0.15, -0.1) is 0 Å². The number of hydrogen-bond donors (Lipinski definition) is 2. The molecule has 3 N–H and O–H groups in total. The predicted octanol–water partition coefficient (Wildman–Crippen LogP) is 2.65. The Balaban J connectivity index is 2.06. The molecule has 0 fully saturated rings. The number of rotatable bonds is 3. The van der Waals surface area contributed by atoms with Crippen molar-refractivity contribution in [3.8, 4) is 11.3 Å². The largest absolute Gasteiger partial charge is 0.444 e. The summed E-state index contributed by atoms with van der Waals surface area (Å²) in [5.41, 5.74) is 7.25. The van der Waals surface area contributed by atoms with E-state index in [1.54, 1.807) is 6.20 Å². The predicted molar refractivity (Wildman–Crippen MR) is 78.0 cm³/mol. The van der Waals surface area contributed by atoms with Crippen molar-refractivity contribution < 1.29 is 9.21 Å². The van der Waals surface area contributed by atoms with Gasteiger partial charge in [0.15, 0.2) is 12.2 Å². The van der Waals surface area contributed by atoms with Crippen LogP contribution in [0.1, 0.15) is 20.8 Å². The van der Waals surface area contributed by atoms with Crippen molar-refractivity contribution in [3.63, 3.8) is 0 Å². The summed E-state index contributed by atoms with van der Waals surface area (Å²) in [6.45, 7) is 5.80. The first-order valence-electron chi connectivity index (χ1n) is 6.43. The smallest absolute Gasteiger partial charge is 0.241 e. The molecule has 0 saturated carbocycles. The van der Waals surface area contributed by atoms with Crippen molar-refractivity contribution in [2.24, 2.45) is 11.1 Å². The van der Waals surface area contributed by atoms with E-state index in [4.69, 9.17) is 10.2 Å². The van der Waals surface area contributed by atoms with E-state index in [1.165, 1.54) is 6.39 Å². The minimum atomic E-state index is -0.559. The second-order valence-corrected chi connectivity index (χ2v) is 5.78. The first-order valence-corrected chi connectivity index (χ1v) is 6.43. The number of benzene rings is 1. The van der Waals surface area contributed by atoms with Crippen LogP contribution in [0, 0.1) is 5.41 Å². The van der Waals surface area contributed by atoms with Gasteiger partial charge >= 0.3 is 0 Å². The lowest BCUT2D eigenvalue weighted by atomic mass is 9.87. The Morgan fingerprint density at radius 2 is 1.95 bits per heavy atom. The normalized spacial score (nSPS) is 13.0. The van der Waals surface area contributed by atoms with Gasteiger partial charge < -0.3 is 15.5 Å². The van der Waals surface area contributed by atoms with E-state index in [0.717, 1.165) is 5.56 Å². The summed E-state index contributed by atoms with van der Waals surface area (Å²) in [6, 6.07) is 6.78. The lowest BCUT2D eigenvalue weighted by Gasteiger charge is -2.25. The molecule has 1 aromatic carbocycles. The van der Waals surface area contributed by atoms with Crippen molar-refractivity contribution in [1.29, 1.82) is 0 Å². The van der Waals surface area contributed by atoms with Crippen LogP contribution in [0.25, 0.3) is 11.3 Å². The molecule has 20 heavy (non-hydrogen) atoms. The van der Waals surface area contributed by atoms with Gasteiger partial charge in [-0.2, -0.15) is 0 Å². The summed E-state index contributed by atoms with van der Waals surface area (Å²) in [6.07, 6.45) is 3.02. The van der Waals surface area contributed by atoms with Crippen molar-refractivity contribution in [2.75, 3.05) is 5.32 Å². The molecule has 2 aromatic rings. The lowest BCUT2D eigenvalue weighted by Crippen LogP contribution is -2.45. The van der Waals surface area contributed by atoms with Crippen LogP contribution in [0.5, 0.6) is 0 Å². The van der Waals surface area contributed by atoms with Gasteiger partial charge in [-0.1, -0.05) is 20.8 Å². The average molecular weight is 273 g/mol. The molecule has 1 aromatic heterocycles. The van der Waals surface area contributed by atoms with E-state index in [1.807, 2.05) is 45.0 Å². The molecule has 0 radical (unpaired) electrons. The Kier molecular flexibility index (Phi) is 3.90. The number of nitrogens with two attached hydrogens (primary N) is 1. The number of amides is 1. The fraction of sp³-hybridized carbons (Fsp3) is 0.333. The highest BCUT2D eigenvalue weighted by Crippen LogP contribution is 2.22. The molecule has 0 aliphatic carbocycles. The minimum absolute atomic E-state index is 0.190. The third-order valence-electron chi connectivity index (χ3n) is 3.08. The molecule has 5 nitrogen and oxygen atoms in total. The van der Waals surface area contributed by atoms with Gasteiger partial charge in [0, 0.05) is 11.3 Å². The Bertz CT molecular complexity index is 568. The second-order valence-electron chi connectivity index (χ2n) is 5.78. The van der Waals surface area contributed by atoms with Crippen molar-refractivity contribution in [2.45, 2.75) is 26.8 Å². The maximum Gasteiger partial charge on any atom is 0.241 e. The molecule has 0 unspecified atom stereocenters. The van der Waals surface area contributed by atoms with Crippen LogP contribution in [-0.4, -0.2) is 16.9 Å². The van der Waals surface area contributed by atoms with Crippen molar-refractivity contribution in [3.05, 3.63) is 36.9 Å². The molecular weight excluding hydrogens is 254 g/mol. The van der Waals surface area contributed by atoms with Crippen LogP contribution in [0.15, 0.2) is 41.3 Å². The van der Waals surface area contributed by atoms with Crippen molar-refractivity contribution in [1.82, 2.24) is 4.98 Å². The Hall–Kier alpha value is -2.14. The molecule has 106 valence electrons. The second kappa shape index (κ2) is 5.46. The van der Waals surface area contributed by atoms with Crippen LogP contribution in [0.3, 0.4) is 0 Å². The van der Waals surface area contributed by atoms with E-state index in [9.17, 15) is 4.79 Å². The van der Waals surface area contributed by atoms with E-state index in [-0.39, 0.29) is 11.3 Å². The molecule has 1 atom stereocenters. The summed E-state index contributed by atoms with van der Waals surface area (Å²) < 4.78 is 5.20. The number of anilines is 1. The Morgan fingerprint density at radius 3 is 2.45 bits per heavy atom. The zero-order valence-electron chi connectivity index (χ0n) is 11.9. The first kappa shape index (κ1) is 14.3. The number of nitrogens with zero attached hydrogens (tertiary/aromatic N) is 1. The first-order chi connectivity index (χ1) is 9.38. The van der Waals surface area contributed by atoms with Crippen LogP contribution in [0.2, 0.25) is 0 Å². The van der Waals surface area contributed by atoms with E-state index in [0.29, 0.717) is 11.4 Å².